The largest absolute Gasteiger partial charge is 0.495 e. The van der Waals surface area contributed by atoms with Gasteiger partial charge in [0.15, 0.2) is 6.10 Å². The molecule has 0 spiro atoms. The Morgan fingerprint density at radius 3 is 2.78 bits per heavy atom. The van der Waals surface area contributed by atoms with Gasteiger partial charge in [-0.25, -0.2) is 0 Å². The summed E-state index contributed by atoms with van der Waals surface area (Å²) in [5, 5.41) is 6.44. The first-order chi connectivity index (χ1) is 11.0. The molecule has 0 radical (unpaired) electrons. The quantitative estimate of drug-likeness (QED) is 0.710. The molecule has 0 bridgehead atoms. The number of esters is 1. The van der Waals surface area contributed by atoms with Gasteiger partial charge < -0.3 is 20.1 Å². The third-order valence-corrected chi connectivity index (χ3v) is 3.64. The van der Waals surface area contributed by atoms with Crippen molar-refractivity contribution in [2.24, 2.45) is 0 Å². The van der Waals surface area contributed by atoms with E-state index in [0.717, 1.165) is 12.8 Å². The Balaban J connectivity index is 1.73. The molecule has 1 aliphatic carbocycles. The third-order valence-electron chi connectivity index (χ3n) is 3.41. The molecule has 1 fully saturated rings. The fraction of sp³-hybridized carbons (Fsp3) is 0.500. The van der Waals surface area contributed by atoms with Crippen molar-refractivity contribution in [3.05, 3.63) is 23.2 Å². The number of ether oxygens (including phenoxy) is 2. The van der Waals surface area contributed by atoms with Crippen LogP contribution in [0.5, 0.6) is 5.75 Å². The monoisotopic (exact) mass is 340 g/mol. The van der Waals surface area contributed by atoms with E-state index >= 15 is 0 Å². The smallest absolute Gasteiger partial charge is 0.308 e. The molecule has 0 heterocycles. The van der Waals surface area contributed by atoms with Gasteiger partial charge in [-0.05, 0) is 38.0 Å². The Hall–Kier alpha value is -1.95. The second kappa shape index (κ2) is 8.06. The van der Waals surface area contributed by atoms with E-state index in [-0.39, 0.29) is 18.4 Å². The van der Waals surface area contributed by atoms with Crippen LogP contribution < -0.4 is 15.4 Å². The van der Waals surface area contributed by atoms with E-state index in [9.17, 15) is 9.59 Å². The van der Waals surface area contributed by atoms with Crippen LogP contribution in [0, 0.1) is 0 Å². The highest BCUT2D eigenvalue weighted by Crippen LogP contribution is 2.27. The molecule has 1 saturated carbocycles. The number of halogens is 1. The maximum absolute atomic E-state index is 11.8. The van der Waals surface area contributed by atoms with Gasteiger partial charge in [0.05, 0.1) is 19.2 Å². The fourth-order valence-corrected chi connectivity index (χ4v) is 2.15. The predicted octanol–water partition coefficient (Wildman–Crippen LogP) is 2.36. The van der Waals surface area contributed by atoms with Gasteiger partial charge in [0.25, 0.3) is 5.91 Å². The molecular formula is C16H21ClN2O4. The van der Waals surface area contributed by atoms with E-state index in [0.29, 0.717) is 23.0 Å². The van der Waals surface area contributed by atoms with Crippen LogP contribution >= 0.6 is 11.6 Å². The van der Waals surface area contributed by atoms with Crippen LogP contribution in [0.2, 0.25) is 5.02 Å². The van der Waals surface area contributed by atoms with Crippen molar-refractivity contribution in [1.82, 2.24) is 5.32 Å². The SMILES string of the molecule is COc1ccc(Cl)cc1NCCC(=O)OC(C)C(=O)NC1CC1. The molecule has 1 aliphatic rings. The summed E-state index contributed by atoms with van der Waals surface area (Å²) >= 11 is 5.93. The molecular weight excluding hydrogens is 320 g/mol. The van der Waals surface area contributed by atoms with Gasteiger partial charge in [0.2, 0.25) is 0 Å². The van der Waals surface area contributed by atoms with E-state index in [4.69, 9.17) is 21.1 Å². The van der Waals surface area contributed by atoms with Crippen LogP contribution in [0.4, 0.5) is 5.69 Å². The van der Waals surface area contributed by atoms with Crippen molar-refractivity contribution < 1.29 is 19.1 Å². The molecule has 23 heavy (non-hydrogen) atoms. The Morgan fingerprint density at radius 2 is 2.13 bits per heavy atom. The summed E-state index contributed by atoms with van der Waals surface area (Å²) in [4.78, 5) is 23.5. The van der Waals surface area contributed by atoms with Crippen LogP contribution in [0.15, 0.2) is 18.2 Å². The first-order valence-electron chi connectivity index (χ1n) is 7.57. The molecule has 7 heteroatoms. The minimum Gasteiger partial charge on any atom is -0.495 e. The van der Waals surface area contributed by atoms with Gasteiger partial charge in [-0.1, -0.05) is 11.6 Å². The number of carbonyl (C=O) groups excluding carboxylic acids is 2. The molecule has 1 atom stereocenters. The molecule has 1 unspecified atom stereocenters. The minimum absolute atomic E-state index is 0.136. The number of anilines is 1. The van der Waals surface area contributed by atoms with Gasteiger partial charge in [-0.2, -0.15) is 0 Å². The number of benzene rings is 1. The second-order valence-corrected chi connectivity index (χ2v) is 5.87. The highest BCUT2D eigenvalue weighted by molar-refractivity contribution is 6.30. The number of hydrogen-bond acceptors (Lipinski definition) is 5. The van der Waals surface area contributed by atoms with Crippen molar-refractivity contribution in [3.63, 3.8) is 0 Å². The maximum atomic E-state index is 11.8. The second-order valence-electron chi connectivity index (χ2n) is 5.44. The summed E-state index contributed by atoms with van der Waals surface area (Å²) in [6.07, 6.45) is 1.36. The average molecular weight is 341 g/mol. The van der Waals surface area contributed by atoms with Gasteiger partial charge >= 0.3 is 5.97 Å². The average Bonchev–Trinajstić information content (AvgIpc) is 3.31. The fourth-order valence-electron chi connectivity index (χ4n) is 1.97. The van der Waals surface area contributed by atoms with Crippen LogP contribution in [-0.4, -0.2) is 37.7 Å². The normalized spacial score (nSPS) is 14.7. The number of methoxy groups -OCH3 is 1. The number of rotatable bonds is 8. The lowest BCUT2D eigenvalue weighted by molar-refractivity contribution is -0.154. The lowest BCUT2D eigenvalue weighted by Crippen LogP contribution is -2.37. The van der Waals surface area contributed by atoms with Crippen molar-refractivity contribution in [3.8, 4) is 5.75 Å². The molecule has 1 aromatic carbocycles. The van der Waals surface area contributed by atoms with Gasteiger partial charge in [0, 0.05) is 17.6 Å². The van der Waals surface area contributed by atoms with E-state index in [2.05, 4.69) is 10.6 Å². The zero-order valence-corrected chi connectivity index (χ0v) is 14.0. The predicted molar refractivity (Wildman–Crippen MR) is 87.8 cm³/mol. The molecule has 0 saturated heterocycles. The topological polar surface area (TPSA) is 76.7 Å². The molecule has 2 rings (SSSR count). The van der Waals surface area contributed by atoms with Crippen LogP contribution in [-0.2, 0) is 14.3 Å². The zero-order valence-electron chi connectivity index (χ0n) is 13.2. The molecule has 6 nitrogen and oxygen atoms in total. The molecule has 1 amide bonds. The Bertz CT molecular complexity index is 575. The highest BCUT2D eigenvalue weighted by Gasteiger charge is 2.27. The lowest BCUT2D eigenvalue weighted by Gasteiger charge is -2.14. The summed E-state index contributed by atoms with van der Waals surface area (Å²) < 4.78 is 10.3. The van der Waals surface area contributed by atoms with Crippen molar-refractivity contribution in [2.45, 2.75) is 38.3 Å². The van der Waals surface area contributed by atoms with Gasteiger partial charge in [-0.15, -0.1) is 0 Å². The number of amides is 1. The first kappa shape index (κ1) is 17.4. The van der Waals surface area contributed by atoms with E-state index in [1.54, 1.807) is 32.2 Å². The number of nitrogens with one attached hydrogen (secondary N) is 2. The summed E-state index contributed by atoms with van der Waals surface area (Å²) in [6.45, 7) is 1.93. The molecule has 0 aromatic heterocycles. The standard InChI is InChI=1S/C16H21ClN2O4/c1-10(16(21)19-12-4-5-12)23-15(20)7-8-18-13-9-11(17)3-6-14(13)22-2/h3,6,9-10,12,18H,4-5,7-8H2,1-2H3,(H,19,21). The molecule has 2 N–H and O–H groups in total. The molecule has 1 aromatic rings. The van der Waals surface area contributed by atoms with E-state index in [1.165, 1.54) is 0 Å². The van der Waals surface area contributed by atoms with Crippen molar-refractivity contribution in [2.75, 3.05) is 19.0 Å². The molecule has 0 aliphatic heterocycles. The van der Waals surface area contributed by atoms with Crippen LogP contribution in [0.3, 0.4) is 0 Å². The van der Waals surface area contributed by atoms with Gasteiger partial charge in [0.1, 0.15) is 5.75 Å². The van der Waals surface area contributed by atoms with Crippen molar-refractivity contribution in [1.29, 1.82) is 0 Å². The highest BCUT2D eigenvalue weighted by atomic mass is 35.5. The van der Waals surface area contributed by atoms with Crippen LogP contribution in [0.1, 0.15) is 26.2 Å². The number of carbonyl (C=O) groups is 2. The maximum Gasteiger partial charge on any atom is 0.308 e. The Morgan fingerprint density at radius 1 is 1.39 bits per heavy atom. The summed E-state index contributed by atoms with van der Waals surface area (Å²) in [7, 11) is 1.56. The van der Waals surface area contributed by atoms with E-state index < -0.39 is 12.1 Å². The lowest BCUT2D eigenvalue weighted by atomic mass is 10.3. The summed E-state index contributed by atoms with van der Waals surface area (Å²) in [6, 6.07) is 5.44. The zero-order chi connectivity index (χ0) is 16.8. The summed E-state index contributed by atoms with van der Waals surface area (Å²) in [5.41, 5.74) is 0.701. The minimum atomic E-state index is -0.774. The third kappa shape index (κ3) is 5.63. The Kier molecular flexibility index (Phi) is 6.10. The van der Waals surface area contributed by atoms with Crippen molar-refractivity contribution >= 4 is 29.2 Å². The van der Waals surface area contributed by atoms with Gasteiger partial charge in [-0.3, -0.25) is 9.59 Å². The van der Waals surface area contributed by atoms with E-state index in [1.807, 2.05) is 0 Å². The number of hydrogen-bond donors (Lipinski definition) is 2. The first-order valence-corrected chi connectivity index (χ1v) is 7.94. The summed E-state index contributed by atoms with van der Waals surface area (Å²) in [5.74, 6) is -0.0396. The molecule has 126 valence electrons. The Labute approximate surface area is 140 Å². The van der Waals surface area contributed by atoms with Crippen LogP contribution in [0.25, 0.3) is 0 Å².